The molecule has 1 amide bonds. The van der Waals surface area contributed by atoms with Crippen LogP contribution >= 0.6 is 0 Å². The first-order chi connectivity index (χ1) is 15.9. The van der Waals surface area contributed by atoms with Gasteiger partial charge in [0.2, 0.25) is 0 Å². The van der Waals surface area contributed by atoms with Crippen LogP contribution in [-0.2, 0) is 19.1 Å². The molecule has 2 aromatic carbocycles. The lowest BCUT2D eigenvalue weighted by molar-refractivity contribution is -0.153. The van der Waals surface area contributed by atoms with Crippen molar-refractivity contribution in [3.63, 3.8) is 0 Å². The number of hydrogen-bond donors (Lipinski definition) is 2. The summed E-state index contributed by atoms with van der Waals surface area (Å²) in [6.45, 7) is 3.74. The summed E-state index contributed by atoms with van der Waals surface area (Å²) < 4.78 is 10.6. The highest BCUT2D eigenvalue weighted by Gasteiger charge is 2.45. The van der Waals surface area contributed by atoms with E-state index in [2.05, 4.69) is 11.9 Å². The molecule has 0 saturated heterocycles. The van der Waals surface area contributed by atoms with Gasteiger partial charge in [-0.05, 0) is 47.9 Å². The molecule has 172 valence electrons. The summed E-state index contributed by atoms with van der Waals surface area (Å²) in [6, 6.07) is 16.0. The standard InChI is InChI=1S/C26H27NO6/c1-2-15-32-23(28)17-11-13-26(14-12-17,24(29)30)27-25(31)33-16-22-20-9-5-3-7-18(20)19-8-4-6-10-21(19)22/h2-10,17,22H,1,11-16H2,(H,27,31)(H,29,30). The predicted molar refractivity (Wildman–Crippen MR) is 122 cm³/mol. The zero-order valence-electron chi connectivity index (χ0n) is 18.3. The summed E-state index contributed by atoms with van der Waals surface area (Å²) in [5, 5.41) is 12.4. The Morgan fingerprint density at radius 2 is 1.58 bits per heavy atom. The molecule has 33 heavy (non-hydrogen) atoms. The zero-order valence-corrected chi connectivity index (χ0v) is 18.3. The highest BCUT2D eigenvalue weighted by molar-refractivity contribution is 5.85. The summed E-state index contributed by atoms with van der Waals surface area (Å²) in [6.07, 6.45) is 1.59. The molecule has 1 saturated carbocycles. The second-order valence-electron chi connectivity index (χ2n) is 8.53. The molecule has 0 atom stereocenters. The minimum atomic E-state index is -1.46. The zero-order chi connectivity index (χ0) is 23.4. The van der Waals surface area contributed by atoms with Crippen LogP contribution in [0.1, 0.15) is 42.7 Å². The van der Waals surface area contributed by atoms with Crippen LogP contribution in [-0.4, -0.2) is 41.9 Å². The van der Waals surface area contributed by atoms with Crippen LogP contribution < -0.4 is 5.32 Å². The molecule has 0 aromatic heterocycles. The Hall–Kier alpha value is -3.61. The largest absolute Gasteiger partial charge is 0.480 e. The fourth-order valence-corrected chi connectivity index (χ4v) is 4.83. The Morgan fingerprint density at radius 1 is 1.00 bits per heavy atom. The third kappa shape index (κ3) is 4.49. The van der Waals surface area contributed by atoms with Gasteiger partial charge in [0.1, 0.15) is 18.8 Å². The maximum Gasteiger partial charge on any atom is 0.408 e. The van der Waals surface area contributed by atoms with E-state index in [1.165, 1.54) is 6.08 Å². The third-order valence-corrected chi connectivity index (χ3v) is 6.61. The number of rotatable bonds is 7. The fourth-order valence-electron chi connectivity index (χ4n) is 4.83. The topological polar surface area (TPSA) is 102 Å². The number of carbonyl (C=O) groups is 3. The average molecular weight is 450 g/mol. The normalized spacial score (nSPS) is 21.4. The van der Waals surface area contributed by atoms with Crippen LogP contribution in [0.4, 0.5) is 4.79 Å². The summed E-state index contributed by atoms with van der Waals surface area (Å²) in [4.78, 5) is 36.8. The van der Waals surface area contributed by atoms with E-state index >= 15 is 0 Å². The Morgan fingerprint density at radius 3 is 2.12 bits per heavy atom. The van der Waals surface area contributed by atoms with Crippen LogP contribution in [0, 0.1) is 5.92 Å². The molecule has 2 aromatic rings. The van der Waals surface area contributed by atoms with Crippen LogP contribution in [0.15, 0.2) is 61.2 Å². The van der Waals surface area contributed by atoms with Gasteiger partial charge in [-0.25, -0.2) is 9.59 Å². The first-order valence-electron chi connectivity index (χ1n) is 11.1. The number of hydrogen-bond acceptors (Lipinski definition) is 5. The number of carboxylic acids is 1. The highest BCUT2D eigenvalue weighted by Crippen LogP contribution is 2.44. The minimum absolute atomic E-state index is 0.103. The molecular weight excluding hydrogens is 422 g/mol. The van der Waals surface area contributed by atoms with Crippen molar-refractivity contribution in [3.8, 4) is 11.1 Å². The van der Waals surface area contributed by atoms with Gasteiger partial charge in [0.15, 0.2) is 0 Å². The number of ether oxygens (including phenoxy) is 2. The van der Waals surface area contributed by atoms with Gasteiger partial charge >= 0.3 is 18.0 Å². The Labute approximate surface area is 192 Å². The maximum atomic E-state index is 12.7. The van der Waals surface area contributed by atoms with E-state index in [1.54, 1.807) is 0 Å². The van der Waals surface area contributed by atoms with Gasteiger partial charge in [-0.2, -0.15) is 0 Å². The van der Waals surface area contributed by atoms with E-state index < -0.39 is 17.6 Å². The van der Waals surface area contributed by atoms with E-state index in [0.29, 0.717) is 12.8 Å². The third-order valence-electron chi connectivity index (χ3n) is 6.61. The number of benzene rings is 2. The van der Waals surface area contributed by atoms with E-state index in [9.17, 15) is 19.5 Å². The second-order valence-corrected chi connectivity index (χ2v) is 8.53. The average Bonchev–Trinajstić information content (AvgIpc) is 3.15. The van der Waals surface area contributed by atoms with Crippen molar-refractivity contribution in [2.24, 2.45) is 5.92 Å². The second kappa shape index (κ2) is 9.48. The number of amides is 1. The van der Waals surface area contributed by atoms with Crippen molar-refractivity contribution in [2.45, 2.75) is 37.1 Å². The lowest BCUT2D eigenvalue weighted by atomic mass is 9.76. The Bertz CT molecular complexity index is 1020. The van der Waals surface area contributed by atoms with Crippen LogP contribution in [0.2, 0.25) is 0 Å². The van der Waals surface area contributed by atoms with E-state index in [1.807, 2.05) is 48.5 Å². The molecule has 7 nitrogen and oxygen atoms in total. The summed E-state index contributed by atoms with van der Waals surface area (Å²) in [7, 11) is 0. The van der Waals surface area contributed by atoms with Crippen molar-refractivity contribution in [1.82, 2.24) is 5.32 Å². The van der Waals surface area contributed by atoms with Crippen molar-refractivity contribution in [1.29, 1.82) is 0 Å². The molecule has 0 heterocycles. The van der Waals surface area contributed by atoms with Crippen molar-refractivity contribution in [2.75, 3.05) is 13.2 Å². The quantitative estimate of drug-likeness (QED) is 0.484. The van der Waals surface area contributed by atoms with Gasteiger partial charge in [-0.3, -0.25) is 4.79 Å². The predicted octanol–water partition coefficient (Wildman–Crippen LogP) is 4.27. The molecule has 0 aliphatic heterocycles. The SMILES string of the molecule is C=CCOC(=O)C1CCC(NC(=O)OCC2c3ccccc3-c3ccccc32)(C(=O)O)CC1. The molecule has 1 fully saturated rings. The maximum absolute atomic E-state index is 12.7. The number of carbonyl (C=O) groups excluding carboxylic acids is 2. The minimum Gasteiger partial charge on any atom is -0.480 e. The summed E-state index contributed by atoms with van der Waals surface area (Å²) >= 11 is 0. The van der Waals surface area contributed by atoms with Crippen LogP contribution in [0.25, 0.3) is 11.1 Å². The molecule has 2 aliphatic rings. The van der Waals surface area contributed by atoms with Crippen LogP contribution in [0.5, 0.6) is 0 Å². The molecule has 2 aliphatic carbocycles. The van der Waals surface area contributed by atoms with Gasteiger partial charge < -0.3 is 19.9 Å². The van der Waals surface area contributed by atoms with Crippen molar-refractivity contribution >= 4 is 18.0 Å². The molecule has 0 unspecified atom stereocenters. The number of fused-ring (bicyclic) bond motifs is 3. The number of nitrogens with one attached hydrogen (secondary N) is 1. The molecular formula is C26H27NO6. The molecule has 2 N–H and O–H groups in total. The van der Waals surface area contributed by atoms with Gasteiger partial charge in [0.25, 0.3) is 0 Å². The van der Waals surface area contributed by atoms with Gasteiger partial charge in [-0.1, -0.05) is 61.2 Å². The summed E-state index contributed by atoms with van der Waals surface area (Å²) in [5.74, 6) is -2.00. The smallest absolute Gasteiger partial charge is 0.408 e. The van der Waals surface area contributed by atoms with E-state index in [0.717, 1.165) is 22.3 Å². The number of carboxylic acid groups (broad SMARTS) is 1. The van der Waals surface area contributed by atoms with Crippen molar-refractivity contribution < 1.29 is 29.0 Å². The van der Waals surface area contributed by atoms with Gasteiger partial charge in [0.05, 0.1) is 5.92 Å². The number of esters is 1. The lowest BCUT2D eigenvalue weighted by Crippen LogP contribution is -2.57. The highest BCUT2D eigenvalue weighted by atomic mass is 16.5. The first kappa shape index (κ1) is 22.6. The van der Waals surface area contributed by atoms with E-state index in [-0.39, 0.29) is 43.9 Å². The van der Waals surface area contributed by atoms with Gasteiger partial charge in [-0.15, -0.1) is 0 Å². The number of alkyl carbamates (subject to hydrolysis) is 1. The monoisotopic (exact) mass is 449 g/mol. The molecule has 4 rings (SSSR count). The fraction of sp³-hybridized carbons (Fsp3) is 0.346. The van der Waals surface area contributed by atoms with Crippen LogP contribution in [0.3, 0.4) is 0 Å². The summed E-state index contributed by atoms with van der Waals surface area (Å²) in [5.41, 5.74) is 2.94. The van der Waals surface area contributed by atoms with Crippen molar-refractivity contribution in [3.05, 3.63) is 72.3 Å². The number of aliphatic carboxylic acids is 1. The van der Waals surface area contributed by atoms with Gasteiger partial charge in [0, 0.05) is 5.92 Å². The molecule has 0 radical (unpaired) electrons. The first-order valence-corrected chi connectivity index (χ1v) is 11.1. The molecule has 0 bridgehead atoms. The van der Waals surface area contributed by atoms with E-state index in [4.69, 9.17) is 9.47 Å². The molecule has 7 heteroatoms. The molecule has 0 spiro atoms. The Kier molecular flexibility index (Phi) is 6.49. The lowest BCUT2D eigenvalue weighted by Gasteiger charge is -2.36. The Balaban J connectivity index is 1.39.